The minimum atomic E-state index is -1.80. The highest BCUT2D eigenvalue weighted by atomic mass is 28.4. The molecule has 19 heavy (non-hydrogen) atoms. The van der Waals surface area contributed by atoms with E-state index in [0.29, 0.717) is 23.0 Å². The van der Waals surface area contributed by atoms with Crippen molar-refractivity contribution in [3.8, 4) is 0 Å². The first-order valence-electron chi connectivity index (χ1n) is 7.57. The maximum Gasteiger partial charge on any atom is 0.200 e. The number of ether oxygens (including phenoxy) is 1. The van der Waals surface area contributed by atoms with Crippen molar-refractivity contribution < 1.29 is 14.3 Å². The van der Waals surface area contributed by atoms with Gasteiger partial charge in [-0.05, 0) is 30.0 Å². The molecule has 0 heterocycles. The molecule has 0 saturated heterocycles. The molecular formula is C15H34O3Si. The average molecular weight is 291 g/mol. The van der Waals surface area contributed by atoms with Gasteiger partial charge in [0.25, 0.3) is 0 Å². The van der Waals surface area contributed by atoms with Gasteiger partial charge >= 0.3 is 0 Å². The van der Waals surface area contributed by atoms with Gasteiger partial charge in [0.2, 0.25) is 8.32 Å². The summed E-state index contributed by atoms with van der Waals surface area (Å²) < 4.78 is 11.5. The van der Waals surface area contributed by atoms with Crippen LogP contribution in [0.15, 0.2) is 0 Å². The molecule has 0 aliphatic carbocycles. The molecule has 0 aliphatic heterocycles. The summed E-state index contributed by atoms with van der Waals surface area (Å²) >= 11 is 0. The van der Waals surface area contributed by atoms with Crippen molar-refractivity contribution in [1.29, 1.82) is 0 Å². The Morgan fingerprint density at radius 1 is 0.842 bits per heavy atom. The first-order chi connectivity index (χ1) is 8.68. The molecule has 0 aromatic heterocycles. The van der Waals surface area contributed by atoms with Crippen molar-refractivity contribution in [3.05, 3.63) is 0 Å². The second-order valence-corrected chi connectivity index (χ2v) is 11.9. The third kappa shape index (κ3) is 5.18. The zero-order valence-electron chi connectivity index (χ0n) is 14.1. The molecule has 2 unspecified atom stereocenters. The lowest BCUT2D eigenvalue weighted by Crippen LogP contribution is -2.49. The summed E-state index contributed by atoms with van der Waals surface area (Å²) in [6.07, 6.45) is 0.995. The molecule has 0 bridgehead atoms. The lowest BCUT2D eigenvalue weighted by atomic mass is 10.2. The monoisotopic (exact) mass is 290 g/mol. The van der Waals surface area contributed by atoms with E-state index in [9.17, 15) is 5.11 Å². The first kappa shape index (κ1) is 19.1. The van der Waals surface area contributed by atoms with Gasteiger partial charge in [0.15, 0.2) is 6.29 Å². The van der Waals surface area contributed by atoms with Crippen molar-refractivity contribution in [2.75, 3.05) is 7.11 Å². The molecular weight excluding hydrogens is 256 g/mol. The number of methoxy groups -OCH3 is 1. The van der Waals surface area contributed by atoms with Gasteiger partial charge < -0.3 is 14.3 Å². The number of hydrogen-bond acceptors (Lipinski definition) is 3. The second kappa shape index (κ2) is 8.40. The number of rotatable bonds is 9. The Labute approximate surface area is 120 Å². The smallest absolute Gasteiger partial charge is 0.200 e. The Morgan fingerprint density at radius 2 is 1.26 bits per heavy atom. The third-order valence-corrected chi connectivity index (χ3v) is 10.4. The lowest BCUT2D eigenvalue weighted by Gasteiger charge is -2.44. The molecule has 0 spiro atoms. The van der Waals surface area contributed by atoms with Crippen molar-refractivity contribution in [2.45, 2.75) is 90.3 Å². The van der Waals surface area contributed by atoms with Crippen LogP contribution in [0.25, 0.3) is 0 Å². The van der Waals surface area contributed by atoms with Crippen molar-refractivity contribution in [3.63, 3.8) is 0 Å². The van der Waals surface area contributed by atoms with Crippen LogP contribution < -0.4 is 0 Å². The molecule has 0 saturated carbocycles. The molecule has 0 aromatic carbocycles. The normalized spacial score (nSPS) is 16.4. The van der Waals surface area contributed by atoms with Gasteiger partial charge in [-0.25, -0.2) is 0 Å². The molecule has 0 aromatic rings. The average Bonchev–Trinajstić information content (AvgIpc) is 2.31. The van der Waals surface area contributed by atoms with E-state index in [1.807, 2.05) is 0 Å². The lowest BCUT2D eigenvalue weighted by molar-refractivity contribution is -0.0830. The fourth-order valence-corrected chi connectivity index (χ4v) is 8.94. The fraction of sp³-hybridized carbons (Fsp3) is 1.00. The fourth-order valence-electron chi connectivity index (χ4n) is 3.31. The number of hydrogen-bond donors (Lipinski definition) is 1. The second-order valence-electron chi connectivity index (χ2n) is 6.51. The maximum atomic E-state index is 9.47. The van der Waals surface area contributed by atoms with Gasteiger partial charge in [-0.3, -0.25) is 0 Å². The summed E-state index contributed by atoms with van der Waals surface area (Å²) in [7, 11) is -0.262. The van der Waals surface area contributed by atoms with Crippen LogP contribution in [-0.4, -0.2) is 32.9 Å². The predicted molar refractivity (Wildman–Crippen MR) is 83.8 cm³/mol. The van der Waals surface area contributed by atoms with E-state index in [4.69, 9.17) is 9.16 Å². The minimum absolute atomic E-state index is 0.184. The molecule has 0 rings (SSSR count). The van der Waals surface area contributed by atoms with Crippen LogP contribution in [0, 0.1) is 0 Å². The molecule has 0 radical (unpaired) electrons. The van der Waals surface area contributed by atoms with Crippen LogP contribution in [0.4, 0.5) is 0 Å². The van der Waals surface area contributed by atoms with Crippen molar-refractivity contribution >= 4 is 8.32 Å². The van der Waals surface area contributed by atoms with Gasteiger partial charge in [0.05, 0.1) is 0 Å². The van der Waals surface area contributed by atoms with E-state index in [-0.39, 0.29) is 6.10 Å². The summed E-state index contributed by atoms with van der Waals surface area (Å²) in [6.45, 7) is 15.9. The highest BCUT2D eigenvalue weighted by molar-refractivity contribution is 6.77. The summed E-state index contributed by atoms with van der Waals surface area (Å²) in [5.74, 6) is 0. The Hall–Kier alpha value is 0.0969. The van der Waals surface area contributed by atoms with Crippen LogP contribution in [0.5, 0.6) is 0 Å². The van der Waals surface area contributed by atoms with Crippen LogP contribution in [0.3, 0.4) is 0 Å². The van der Waals surface area contributed by atoms with Gasteiger partial charge in [0.1, 0.15) is 0 Å². The summed E-state index contributed by atoms with van der Waals surface area (Å²) in [5.41, 5.74) is 1.80. The summed E-state index contributed by atoms with van der Waals surface area (Å²) in [5, 5.41) is 9.47. The Kier molecular flexibility index (Phi) is 8.44. The maximum absolute atomic E-state index is 9.47. The molecule has 0 fully saturated rings. The molecule has 2 atom stereocenters. The zero-order valence-corrected chi connectivity index (χ0v) is 15.1. The van der Waals surface area contributed by atoms with Crippen LogP contribution in [0.1, 0.15) is 61.3 Å². The zero-order chi connectivity index (χ0) is 15.2. The van der Waals surface area contributed by atoms with Crippen LogP contribution in [0.2, 0.25) is 16.6 Å². The summed E-state index contributed by atoms with van der Waals surface area (Å²) in [6, 6.07) is 0. The van der Waals surface area contributed by atoms with Crippen LogP contribution >= 0.6 is 0 Å². The van der Waals surface area contributed by atoms with Crippen LogP contribution in [-0.2, 0) is 9.16 Å². The quantitative estimate of drug-likeness (QED) is 0.508. The highest BCUT2D eigenvalue weighted by Crippen LogP contribution is 2.43. The predicted octanol–water partition coefficient (Wildman–Crippen LogP) is 4.31. The largest absolute Gasteiger partial charge is 0.413 e. The van der Waals surface area contributed by atoms with E-state index in [2.05, 4.69) is 48.5 Å². The molecule has 0 aliphatic rings. The summed E-state index contributed by atoms with van der Waals surface area (Å²) in [4.78, 5) is 0. The Morgan fingerprint density at radius 3 is 1.58 bits per heavy atom. The van der Waals surface area contributed by atoms with Gasteiger partial charge in [0, 0.05) is 19.6 Å². The van der Waals surface area contributed by atoms with Gasteiger partial charge in [-0.15, -0.1) is 0 Å². The highest BCUT2D eigenvalue weighted by Gasteiger charge is 2.45. The van der Waals surface area contributed by atoms with Crippen molar-refractivity contribution in [2.24, 2.45) is 0 Å². The topological polar surface area (TPSA) is 38.7 Å². The number of aliphatic hydroxyl groups is 1. The van der Waals surface area contributed by atoms with Gasteiger partial charge in [-0.2, -0.15) is 0 Å². The number of aliphatic hydroxyl groups excluding tert-OH is 1. The molecule has 116 valence electrons. The van der Waals surface area contributed by atoms with E-state index < -0.39 is 14.6 Å². The third-order valence-electron chi connectivity index (χ3n) is 4.20. The van der Waals surface area contributed by atoms with E-state index in [1.165, 1.54) is 7.11 Å². The SMILES string of the molecule is COC(O)CCC(C)O[Si](C(C)C)(C(C)C)C(C)C. The van der Waals surface area contributed by atoms with Crippen molar-refractivity contribution in [1.82, 2.24) is 0 Å². The molecule has 4 heteroatoms. The molecule has 1 N–H and O–H groups in total. The van der Waals surface area contributed by atoms with E-state index in [1.54, 1.807) is 0 Å². The molecule has 3 nitrogen and oxygen atoms in total. The first-order valence-corrected chi connectivity index (χ1v) is 9.71. The molecule has 0 amide bonds. The Bertz CT molecular complexity index is 220. The van der Waals surface area contributed by atoms with E-state index >= 15 is 0 Å². The standard InChI is InChI=1S/C15H34O3Si/c1-11(2)19(12(3)4,13(5)6)18-14(7)9-10-15(16)17-8/h11-16H,9-10H2,1-8H3. The van der Waals surface area contributed by atoms with Gasteiger partial charge in [-0.1, -0.05) is 41.5 Å². The minimum Gasteiger partial charge on any atom is -0.413 e. The van der Waals surface area contributed by atoms with E-state index in [0.717, 1.165) is 6.42 Å². The Balaban J connectivity index is 4.73.